The van der Waals surface area contributed by atoms with Crippen LogP contribution in [0, 0.1) is 0 Å². The van der Waals surface area contributed by atoms with E-state index in [-0.39, 0.29) is 0 Å². The standard InChI is InChI=1S/C17H23N3O/c1-13(2)18-11-14-8-9-17(19-12-14)21-16-7-5-6-15(10-16)20(3)4/h5-10,12-13,18H,11H2,1-4H3. The molecular weight excluding hydrogens is 262 g/mol. The normalized spacial score (nSPS) is 10.7. The molecule has 0 saturated carbocycles. The lowest BCUT2D eigenvalue weighted by Gasteiger charge is -2.13. The fourth-order valence-electron chi connectivity index (χ4n) is 1.84. The average molecular weight is 285 g/mol. The highest BCUT2D eigenvalue weighted by molar-refractivity contribution is 5.50. The number of anilines is 1. The van der Waals surface area contributed by atoms with Gasteiger partial charge in [-0.25, -0.2) is 4.98 Å². The summed E-state index contributed by atoms with van der Waals surface area (Å²) in [5.74, 6) is 1.40. The third kappa shape index (κ3) is 4.76. The van der Waals surface area contributed by atoms with Gasteiger partial charge in [0.25, 0.3) is 0 Å². The molecule has 0 aliphatic heterocycles. The van der Waals surface area contributed by atoms with Crippen molar-refractivity contribution in [1.29, 1.82) is 0 Å². The molecule has 2 aromatic rings. The van der Waals surface area contributed by atoms with E-state index in [4.69, 9.17) is 4.74 Å². The van der Waals surface area contributed by atoms with Gasteiger partial charge in [0.15, 0.2) is 0 Å². The molecule has 1 aromatic carbocycles. The van der Waals surface area contributed by atoms with Gasteiger partial charge < -0.3 is 15.0 Å². The molecular formula is C17H23N3O. The van der Waals surface area contributed by atoms with Crippen LogP contribution >= 0.6 is 0 Å². The van der Waals surface area contributed by atoms with Crippen molar-refractivity contribution in [3.05, 3.63) is 48.2 Å². The average Bonchev–Trinajstić information content (AvgIpc) is 2.47. The summed E-state index contributed by atoms with van der Waals surface area (Å²) in [5, 5.41) is 3.36. The fraction of sp³-hybridized carbons (Fsp3) is 0.353. The van der Waals surface area contributed by atoms with Gasteiger partial charge in [-0.05, 0) is 17.7 Å². The minimum absolute atomic E-state index is 0.467. The van der Waals surface area contributed by atoms with Crippen molar-refractivity contribution in [3.8, 4) is 11.6 Å². The van der Waals surface area contributed by atoms with E-state index in [9.17, 15) is 0 Å². The molecule has 2 rings (SSSR count). The van der Waals surface area contributed by atoms with Crippen LogP contribution in [0.25, 0.3) is 0 Å². The molecule has 0 radical (unpaired) electrons. The van der Waals surface area contributed by atoms with Crippen molar-refractivity contribution in [2.24, 2.45) is 0 Å². The Labute approximate surface area is 126 Å². The molecule has 0 spiro atoms. The minimum Gasteiger partial charge on any atom is -0.439 e. The van der Waals surface area contributed by atoms with Crippen LogP contribution in [0.2, 0.25) is 0 Å². The summed E-state index contributed by atoms with van der Waals surface area (Å²) in [5.41, 5.74) is 2.25. The van der Waals surface area contributed by atoms with Crippen LogP contribution in [0.5, 0.6) is 11.6 Å². The zero-order valence-corrected chi connectivity index (χ0v) is 13.1. The summed E-state index contributed by atoms with van der Waals surface area (Å²) < 4.78 is 5.79. The second-order valence-corrected chi connectivity index (χ2v) is 5.53. The first kappa shape index (κ1) is 15.3. The van der Waals surface area contributed by atoms with E-state index >= 15 is 0 Å². The van der Waals surface area contributed by atoms with Gasteiger partial charge in [-0.1, -0.05) is 26.0 Å². The van der Waals surface area contributed by atoms with E-state index in [0.717, 1.165) is 23.5 Å². The Balaban J connectivity index is 2.01. The van der Waals surface area contributed by atoms with Gasteiger partial charge >= 0.3 is 0 Å². The number of hydrogen-bond donors (Lipinski definition) is 1. The van der Waals surface area contributed by atoms with Crippen LogP contribution in [0.4, 0.5) is 5.69 Å². The molecule has 1 heterocycles. The molecule has 112 valence electrons. The highest BCUT2D eigenvalue weighted by atomic mass is 16.5. The summed E-state index contributed by atoms with van der Waals surface area (Å²) in [6, 6.07) is 12.4. The lowest BCUT2D eigenvalue weighted by molar-refractivity contribution is 0.462. The maximum atomic E-state index is 5.79. The van der Waals surface area contributed by atoms with Crippen molar-refractivity contribution in [1.82, 2.24) is 10.3 Å². The van der Waals surface area contributed by atoms with E-state index in [1.165, 1.54) is 0 Å². The van der Waals surface area contributed by atoms with E-state index in [0.29, 0.717) is 11.9 Å². The Kier molecular flexibility index (Phi) is 5.17. The number of nitrogens with zero attached hydrogens (tertiary/aromatic N) is 2. The number of nitrogens with one attached hydrogen (secondary N) is 1. The van der Waals surface area contributed by atoms with Crippen LogP contribution in [0.3, 0.4) is 0 Å². The van der Waals surface area contributed by atoms with E-state index in [1.54, 1.807) is 0 Å². The molecule has 0 unspecified atom stereocenters. The topological polar surface area (TPSA) is 37.4 Å². The third-order valence-electron chi connectivity index (χ3n) is 3.07. The first-order valence-electron chi connectivity index (χ1n) is 7.18. The highest BCUT2D eigenvalue weighted by Gasteiger charge is 2.02. The van der Waals surface area contributed by atoms with Crippen molar-refractivity contribution in [2.45, 2.75) is 26.4 Å². The summed E-state index contributed by atoms with van der Waals surface area (Å²) in [4.78, 5) is 6.39. The van der Waals surface area contributed by atoms with Crippen molar-refractivity contribution < 1.29 is 4.74 Å². The van der Waals surface area contributed by atoms with Gasteiger partial charge in [0.1, 0.15) is 5.75 Å². The zero-order valence-electron chi connectivity index (χ0n) is 13.1. The molecule has 0 saturated heterocycles. The smallest absolute Gasteiger partial charge is 0.219 e. The highest BCUT2D eigenvalue weighted by Crippen LogP contribution is 2.23. The quantitative estimate of drug-likeness (QED) is 0.882. The maximum Gasteiger partial charge on any atom is 0.219 e. The van der Waals surface area contributed by atoms with Crippen molar-refractivity contribution in [2.75, 3.05) is 19.0 Å². The van der Waals surface area contributed by atoms with Crippen LogP contribution in [-0.4, -0.2) is 25.1 Å². The van der Waals surface area contributed by atoms with Crippen molar-refractivity contribution >= 4 is 5.69 Å². The van der Waals surface area contributed by atoms with Crippen molar-refractivity contribution in [3.63, 3.8) is 0 Å². The predicted molar refractivity (Wildman–Crippen MR) is 87.1 cm³/mol. The van der Waals surface area contributed by atoms with Crippen LogP contribution in [0.1, 0.15) is 19.4 Å². The number of pyridine rings is 1. The third-order valence-corrected chi connectivity index (χ3v) is 3.07. The fourth-order valence-corrected chi connectivity index (χ4v) is 1.84. The lowest BCUT2D eigenvalue weighted by Crippen LogP contribution is -2.21. The monoisotopic (exact) mass is 285 g/mol. The van der Waals surface area contributed by atoms with Crippen LogP contribution in [0.15, 0.2) is 42.6 Å². The Morgan fingerprint density at radius 3 is 2.62 bits per heavy atom. The Hall–Kier alpha value is -2.07. The first-order chi connectivity index (χ1) is 10.0. The maximum absolute atomic E-state index is 5.79. The Bertz CT molecular complexity index is 565. The minimum atomic E-state index is 0.467. The van der Waals surface area contributed by atoms with Gasteiger partial charge in [0.2, 0.25) is 5.88 Å². The molecule has 0 atom stereocenters. The summed E-state index contributed by atoms with van der Waals surface area (Å²) in [6.45, 7) is 5.08. The molecule has 1 aromatic heterocycles. The number of aromatic nitrogens is 1. The Morgan fingerprint density at radius 2 is 2.00 bits per heavy atom. The number of hydrogen-bond acceptors (Lipinski definition) is 4. The predicted octanol–water partition coefficient (Wildman–Crippen LogP) is 3.44. The largest absolute Gasteiger partial charge is 0.439 e. The SMILES string of the molecule is CC(C)NCc1ccc(Oc2cccc(N(C)C)c2)nc1. The van der Waals surface area contributed by atoms with Gasteiger partial charge in [0.05, 0.1) is 0 Å². The summed E-state index contributed by atoms with van der Waals surface area (Å²) >= 11 is 0. The van der Waals surface area contributed by atoms with E-state index in [1.807, 2.05) is 61.6 Å². The molecule has 4 heteroatoms. The van der Waals surface area contributed by atoms with Gasteiger partial charge in [-0.15, -0.1) is 0 Å². The number of rotatable bonds is 6. The van der Waals surface area contributed by atoms with Gasteiger partial charge in [-0.3, -0.25) is 0 Å². The number of benzene rings is 1. The molecule has 1 N–H and O–H groups in total. The zero-order chi connectivity index (χ0) is 15.2. The molecule has 0 aliphatic carbocycles. The molecule has 4 nitrogen and oxygen atoms in total. The molecule has 21 heavy (non-hydrogen) atoms. The molecule has 0 fully saturated rings. The molecule has 0 aliphatic rings. The second kappa shape index (κ2) is 7.09. The van der Waals surface area contributed by atoms with Crippen LogP contribution in [-0.2, 0) is 6.54 Å². The summed E-state index contributed by atoms with van der Waals surface area (Å²) in [7, 11) is 4.02. The lowest BCUT2D eigenvalue weighted by atomic mass is 10.2. The van der Waals surface area contributed by atoms with Gasteiger partial charge in [0, 0.05) is 50.7 Å². The van der Waals surface area contributed by atoms with Gasteiger partial charge in [-0.2, -0.15) is 0 Å². The molecule has 0 bridgehead atoms. The van der Waals surface area contributed by atoms with Crippen LogP contribution < -0.4 is 15.0 Å². The van der Waals surface area contributed by atoms with E-state index < -0.39 is 0 Å². The second-order valence-electron chi connectivity index (χ2n) is 5.53. The summed E-state index contributed by atoms with van der Waals surface area (Å²) in [6.07, 6.45) is 1.85. The van der Waals surface area contributed by atoms with E-state index in [2.05, 4.69) is 24.1 Å². The number of ether oxygens (including phenoxy) is 1. The first-order valence-corrected chi connectivity index (χ1v) is 7.18. The molecule has 0 amide bonds. The Morgan fingerprint density at radius 1 is 1.19 bits per heavy atom.